The monoisotopic (exact) mass is 322 g/mol. The van der Waals surface area contributed by atoms with Crippen LogP contribution >= 0.6 is 0 Å². The summed E-state index contributed by atoms with van der Waals surface area (Å²) in [5, 5.41) is 4.07. The maximum atomic E-state index is 12.2. The third-order valence-corrected chi connectivity index (χ3v) is 4.25. The average Bonchev–Trinajstić information content (AvgIpc) is 2.85. The van der Waals surface area contributed by atoms with Gasteiger partial charge < -0.3 is 15.0 Å². The van der Waals surface area contributed by atoms with Crippen LogP contribution < -0.4 is 10.1 Å². The quantitative estimate of drug-likeness (QED) is 0.882. The number of amides is 1. The van der Waals surface area contributed by atoms with E-state index < -0.39 is 0 Å². The maximum absolute atomic E-state index is 12.2. The lowest BCUT2D eigenvalue weighted by Crippen LogP contribution is -2.27. The minimum atomic E-state index is 0.0195. The Bertz CT molecular complexity index is 840. The molecule has 0 fully saturated rings. The molecule has 0 bridgehead atoms. The number of allylic oxidation sites excluding steroid dienone is 5. The Morgan fingerprint density at radius 2 is 2.17 bits per heavy atom. The first-order valence-corrected chi connectivity index (χ1v) is 8.10. The second-order valence-corrected chi connectivity index (χ2v) is 5.98. The van der Waals surface area contributed by atoms with Gasteiger partial charge in [-0.05, 0) is 48.8 Å². The van der Waals surface area contributed by atoms with Crippen molar-refractivity contribution >= 4 is 16.8 Å². The molecule has 1 amide bonds. The lowest BCUT2D eigenvalue weighted by Gasteiger charge is -2.09. The Morgan fingerprint density at radius 1 is 1.29 bits per heavy atom. The SMILES string of the molecule is COc1ccc2[nH]c(CC(=O)NCC3=C(C)C=CC=CC3)cc2c1. The van der Waals surface area contributed by atoms with Gasteiger partial charge in [0, 0.05) is 23.1 Å². The van der Waals surface area contributed by atoms with Gasteiger partial charge in [-0.1, -0.05) is 24.3 Å². The molecule has 1 aromatic heterocycles. The van der Waals surface area contributed by atoms with Gasteiger partial charge in [0.25, 0.3) is 0 Å². The summed E-state index contributed by atoms with van der Waals surface area (Å²) in [6.45, 7) is 2.67. The number of aromatic amines is 1. The van der Waals surface area contributed by atoms with Gasteiger partial charge in [0.15, 0.2) is 0 Å². The molecule has 4 heteroatoms. The summed E-state index contributed by atoms with van der Waals surface area (Å²) in [7, 11) is 1.65. The third kappa shape index (κ3) is 3.77. The van der Waals surface area contributed by atoms with Crippen LogP contribution in [0.5, 0.6) is 5.75 Å². The van der Waals surface area contributed by atoms with Crippen molar-refractivity contribution in [3.8, 4) is 5.75 Å². The predicted molar refractivity (Wildman–Crippen MR) is 97.2 cm³/mol. The van der Waals surface area contributed by atoms with E-state index in [0.29, 0.717) is 13.0 Å². The van der Waals surface area contributed by atoms with E-state index in [1.54, 1.807) is 7.11 Å². The van der Waals surface area contributed by atoms with E-state index in [9.17, 15) is 4.79 Å². The zero-order valence-electron chi connectivity index (χ0n) is 14.1. The first-order chi connectivity index (χ1) is 11.7. The summed E-state index contributed by atoms with van der Waals surface area (Å²) in [5.74, 6) is 0.834. The molecule has 2 aromatic rings. The summed E-state index contributed by atoms with van der Waals surface area (Å²) < 4.78 is 5.23. The van der Waals surface area contributed by atoms with Crippen LogP contribution in [0.1, 0.15) is 19.0 Å². The van der Waals surface area contributed by atoms with Crippen molar-refractivity contribution in [1.29, 1.82) is 0 Å². The molecule has 2 N–H and O–H groups in total. The number of H-pyrrole nitrogens is 1. The molecule has 0 saturated carbocycles. The number of hydrogen-bond acceptors (Lipinski definition) is 2. The van der Waals surface area contributed by atoms with Gasteiger partial charge in [-0.2, -0.15) is 0 Å². The normalized spacial score (nSPS) is 14.1. The molecule has 24 heavy (non-hydrogen) atoms. The lowest BCUT2D eigenvalue weighted by molar-refractivity contribution is -0.120. The second kappa shape index (κ2) is 7.21. The number of hydrogen-bond donors (Lipinski definition) is 2. The van der Waals surface area contributed by atoms with E-state index >= 15 is 0 Å². The van der Waals surface area contributed by atoms with Crippen molar-refractivity contribution in [3.05, 3.63) is 65.4 Å². The van der Waals surface area contributed by atoms with Gasteiger partial charge in [-0.15, -0.1) is 0 Å². The standard InChI is InChI=1S/C20H22N2O2/c1-14-6-4-3-5-7-15(14)13-21-20(23)12-17-10-16-11-18(24-2)8-9-19(16)22-17/h3-6,8-11,22H,7,12-13H2,1-2H3,(H,21,23). The van der Waals surface area contributed by atoms with E-state index in [-0.39, 0.29) is 5.91 Å². The van der Waals surface area contributed by atoms with E-state index in [0.717, 1.165) is 28.8 Å². The van der Waals surface area contributed by atoms with Crippen LogP contribution in [0.25, 0.3) is 10.9 Å². The minimum absolute atomic E-state index is 0.0195. The Labute approximate surface area is 141 Å². The van der Waals surface area contributed by atoms with Gasteiger partial charge in [-0.3, -0.25) is 4.79 Å². The Morgan fingerprint density at radius 3 is 3.00 bits per heavy atom. The Kier molecular flexibility index (Phi) is 4.85. The molecule has 3 rings (SSSR count). The van der Waals surface area contributed by atoms with Crippen LogP contribution in [-0.2, 0) is 11.2 Å². The molecule has 1 aliphatic carbocycles. The van der Waals surface area contributed by atoms with Crippen LogP contribution in [0, 0.1) is 0 Å². The topological polar surface area (TPSA) is 54.1 Å². The Hall–Kier alpha value is -2.75. The van der Waals surface area contributed by atoms with Crippen molar-refractivity contribution in [2.45, 2.75) is 19.8 Å². The molecule has 0 radical (unpaired) electrons. The Balaban J connectivity index is 1.62. The zero-order valence-corrected chi connectivity index (χ0v) is 14.1. The highest BCUT2D eigenvalue weighted by atomic mass is 16.5. The van der Waals surface area contributed by atoms with E-state index in [2.05, 4.69) is 29.4 Å². The largest absolute Gasteiger partial charge is 0.497 e. The molecule has 124 valence electrons. The minimum Gasteiger partial charge on any atom is -0.497 e. The fraction of sp³-hybridized carbons (Fsp3) is 0.250. The molecule has 4 nitrogen and oxygen atoms in total. The number of ether oxygens (including phenoxy) is 1. The second-order valence-electron chi connectivity index (χ2n) is 5.98. The van der Waals surface area contributed by atoms with E-state index in [1.165, 1.54) is 11.1 Å². The van der Waals surface area contributed by atoms with Crippen molar-refractivity contribution < 1.29 is 9.53 Å². The van der Waals surface area contributed by atoms with Crippen LogP contribution in [-0.4, -0.2) is 24.5 Å². The van der Waals surface area contributed by atoms with Crippen LogP contribution in [0.2, 0.25) is 0 Å². The summed E-state index contributed by atoms with van der Waals surface area (Å²) in [6, 6.07) is 7.84. The highest BCUT2D eigenvalue weighted by Gasteiger charge is 2.09. The van der Waals surface area contributed by atoms with Gasteiger partial charge in [-0.25, -0.2) is 0 Å². The fourth-order valence-corrected chi connectivity index (χ4v) is 2.81. The fourth-order valence-electron chi connectivity index (χ4n) is 2.81. The van der Waals surface area contributed by atoms with Crippen LogP contribution in [0.4, 0.5) is 0 Å². The molecule has 1 heterocycles. The molecule has 0 aliphatic heterocycles. The lowest BCUT2D eigenvalue weighted by atomic mass is 10.1. The first-order valence-electron chi connectivity index (χ1n) is 8.10. The number of methoxy groups -OCH3 is 1. The molecule has 1 aliphatic rings. The summed E-state index contributed by atoms with van der Waals surface area (Å²) in [5.41, 5.74) is 4.38. The number of fused-ring (bicyclic) bond motifs is 1. The van der Waals surface area contributed by atoms with Crippen LogP contribution in [0.3, 0.4) is 0 Å². The van der Waals surface area contributed by atoms with E-state index in [1.807, 2.05) is 36.4 Å². The zero-order chi connectivity index (χ0) is 16.9. The van der Waals surface area contributed by atoms with Gasteiger partial charge in [0.05, 0.1) is 13.5 Å². The van der Waals surface area contributed by atoms with Gasteiger partial charge in [0.2, 0.25) is 5.91 Å². The first kappa shape index (κ1) is 16.1. The number of benzene rings is 1. The molecular weight excluding hydrogens is 300 g/mol. The number of nitrogens with one attached hydrogen (secondary N) is 2. The number of aromatic nitrogens is 1. The third-order valence-electron chi connectivity index (χ3n) is 4.25. The summed E-state index contributed by atoms with van der Waals surface area (Å²) in [4.78, 5) is 15.5. The van der Waals surface area contributed by atoms with Crippen LogP contribution in [0.15, 0.2) is 59.7 Å². The highest BCUT2D eigenvalue weighted by Crippen LogP contribution is 2.21. The molecule has 0 unspecified atom stereocenters. The maximum Gasteiger partial charge on any atom is 0.226 e. The molecule has 0 saturated heterocycles. The molecular formula is C20H22N2O2. The molecule has 0 atom stereocenters. The van der Waals surface area contributed by atoms with E-state index in [4.69, 9.17) is 4.74 Å². The van der Waals surface area contributed by atoms with Crippen molar-refractivity contribution in [3.63, 3.8) is 0 Å². The van der Waals surface area contributed by atoms with Crippen molar-refractivity contribution in [1.82, 2.24) is 10.3 Å². The smallest absolute Gasteiger partial charge is 0.226 e. The average molecular weight is 322 g/mol. The van der Waals surface area contributed by atoms with Crippen molar-refractivity contribution in [2.24, 2.45) is 0 Å². The number of rotatable bonds is 5. The summed E-state index contributed by atoms with van der Waals surface area (Å²) >= 11 is 0. The van der Waals surface area contributed by atoms with Gasteiger partial charge in [0.1, 0.15) is 5.75 Å². The summed E-state index contributed by atoms with van der Waals surface area (Å²) in [6.07, 6.45) is 9.48. The molecule has 1 aromatic carbocycles. The molecule has 0 spiro atoms. The highest BCUT2D eigenvalue weighted by molar-refractivity contribution is 5.85. The van der Waals surface area contributed by atoms with Gasteiger partial charge >= 0.3 is 0 Å². The predicted octanol–water partition coefficient (Wildman–Crippen LogP) is 3.67. The number of carbonyl (C=O) groups excluding carboxylic acids is 1. The van der Waals surface area contributed by atoms with Crippen molar-refractivity contribution in [2.75, 3.05) is 13.7 Å². The number of carbonyl (C=O) groups is 1.